The molecule has 12 nitrogen and oxygen atoms in total. The van der Waals surface area contributed by atoms with Crippen LogP contribution in [-0.4, -0.2) is 83.8 Å². The fourth-order valence-electron chi connectivity index (χ4n) is 6.65. The van der Waals surface area contributed by atoms with Crippen LogP contribution in [0.25, 0.3) is 0 Å². The summed E-state index contributed by atoms with van der Waals surface area (Å²) >= 11 is 0. The highest BCUT2D eigenvalue weighted by Gasteiger charge is 2.35. The zero-order valence-electron chi connectivity index (χ0n) is 33.5. The van der Waals surface area contributed by atoms with Gasteiger partial charge in [0.1, 0.15) is 6.04 Å². The van der Waals surface area contributed by atoms with Crippen molar-refractivity contribution in [2.24, 2.45) is 16.5 Å². The van der Waals surface area contributed by atoms with Gasteiger partial charge in [0.15, 0.2) is 0 Å². The first-order valence-electron chi connectivity index (χ1n) is 19.2. The van der Waals surface area contributed by atoms with Crippen molar-refractivity contribution in [3.8, 4) is 0 Å². The number of hydrogen-bond donors (Lipinski definition) is 3. The van der Waals surface area contributed by atoms with E-state index in [0.29, 0.717) is 37.3 Å². The van der Waals surface area contributed by atoms with Gasteiger partial charge in [-0.3, -0.25) is 9.78 Å². The van der Waals surface area contributed by atoms with Crippen molar-refractivity contribution in [1.82, 2.24) is 24.8 Å². The number of amides is 3. The quantitative estimate of drug-likeness (QED) is 0.0778. The number of nitrogens with zero attached hydrogens (tertiary/aromatic N) is 4. The summed E-state index contributed by atoms with van der Waals surface area (Å²) in [5, 5.41) is 18.1. The highest BCUT2D eigenvalue weighted by molar-refractivity contribution is 7.89. The number of urea groups is 1. The normalized spacial score (nSPS) is 15.3. The van der Waals surface area contributed by atoms with Gasteiger partial charge in [0.05, 0.1) is 41.3 Å². The molecule has 0 radical (unpaired) electrons. The van der Waals surface area contributed by atoms with Crippen LogP contribution in [0.1, 0.15) is 96.2 Å². The first kappa shape index (κ1) is 43.4. The maximum atomic E-state index is 14.2. The Balaban J connectivity index is 1.51. The second kappa shape index (κ2) is 19.5. The minimum atomic E-state index is -3.88. The van der Waals surface area contributed by atoms with E-state index in [-0.39, 0.29) is 35.4 Å². The molecule has 1 heterocycles. The van der Waals surface area contributed by atoms with Crippen molar-refractivity contribution in [1.29, 1.82) is 0 Å². The fraction of sp³-hybridized carbons (Fsp3) is 0.524. The first-order valence-corrected chi connectivity index (χ1v) is 20.6. The number of sulfonamides is 1. The minimum Gasteiger partial charge on any atom is -0.411 e. The maximum Gasteiger partial charge on any atom is 0.318 e. The van der Waals surface area contributed by atoms with Crippen LogP contribution in [0.3, 0.4) is 0 Å². The average molecular weight is 777 g/mol. The standard InChI is InChI=1S/C42H60N6O6S/c1-41(2,3)38(46-40(50)47(7)29-35-18-13-19-36(44-35)30-54-42(4,5)6)39(49)45-34(26-31-14-9-8-10-15-31)24-25-48(28-33-16-11-12-17-33)55(52,53)37-22-20-32(21-23-37)27-43-51/h8-10,13-15,18-23,27,33-34,38,51H,11-12,16-17,24-26,28-30H2,1-7H3,(H,45,49)(H,46,50)/b43-27+/t34-,38+/m1/s1. The minimum absolute atomic E-state index is 0.157. The molecule has 0 aliphatic heterocycles. The topological polar surface area (TPSA) is 154 Å². The van der Waals surface area contributed by atoms with Gasteiger partial charge < -0.3 is 25.5 Å². The lowest BCUT2D eigenvalue weighted by molar-refractivity contribution is -0.126. The van der Waals surface area contributed by atoms with Gasteiger partial charge in [-0.05, 0) is 93.2 Å². The van der Waals surface area contributed by atoms with Crippen molar-refractivity contribution in [2.75, 3.05) is 20.1 Å². The van der Waals surface area contributed by atoms with Crippen molar-refractivity contribution < 1.29 is 28.0 Å². The fourth-order valence-corrected chi connectivity index (χ4v) is 8.18. The predicted octanol–water partition coefficient (Wildman–Crippen LogP) is 6.76. The summed E-state index contributed by atoms with van der Waals surface area (Å²) in [7, 11) is -2.22. The second-order valence-corrected chi connectivity index (χ2v) is 18.6. The van der Waals surface area contributed by atoms with Crippen LogP contribution in [0, 0.1) is 11.3 Å². The zero-order chi connectivity index (χ0) is 40.2. The van der Waals surface area contributed by atoms with Gasteiger partial charge in [0, 0.05) is 26.2 Å². The summed E-state index contributed by atoms with van der Waals surface area (Å²) in [6.07, 6.45) is 6.16. The number of rotatable bonds is 17. The van der Waals surface area contributed by atoms with Crippen LogP contribution in [-0.2, 0) is 39.1 Å². The number of ether oxygens (including phenoxy) is 1. The predicted molar refractivity (Wildman–Crippen MR) is 215 cm³/mol. The van der Waals surface area contributed by atoms with E-state index < -0.39 is 33.6 Å². The molecule has 300 valence electrons. The molecule has 55 heavy (non-hydrogen) atoms. The molecule has 1 aliphatic carbocycles. The SMILES string of the molecule is CN(Cc1cccc(COC(C)(C)C)n1)C(=O)N[C@@H](C(=O)N[C@H](CCN(CC1CCCC1)S(=O)(=O)c1ccc(/C=N/O)cc1)Cc1ccccc1)C(C)(C)C. The second-order valence-electron chi connectivity index (χ2n) is 16.6. The van der Waals surface area contributed by atoms with E-state index in [1.165, 1.54) is 23.2 Å². The monoisotopic (exact) mass is 776 g/mol. The lowest BCUT2D eigenvalue weighted by Crippen LogP contribution is -2.57. The van der Waals surface area contributed by atoms with E-state index in [1.807, 2.05) is 90.1 Å². The molecule has 1 aliphatic rings. The number of benzene rings is 2. The Kier molecular flexibility index (Phi) is 15.4. The Morgan fingerprint density at radius 1 is 0.945 bits per heavy atom. The van der Waals surface area contributed by atoms with Crippen molar-refractivity contribution in [3.63, 3.8) is 0 Å². The molecule has 0 unspecified atom stereocenters. The number of pyridine rings is 1. The molecule has 4 rings (SSSR count). The van der Waals surface area contributed by atoms with Gasteiger partial charge in [0.2, 0.25) is 15.9 Å². The molecule has 13 heteroatoms. The lowest BCUT2D eigenvalue weighted by Gasteiger charge is -2.34. The molecule has 1 fully saturated rings. The van der Waals surface area contributed by atoms with Gasteiger partial charge in [-0.2, -0.15) is 4.31 Å². The number of hydrogen-bond acceptors (Lipinski definition) is 8. The summed E-state index contributed by atoms with van der Waals surface area (Å²) in [4.78, 5) is 34.1. The van der Waals surface area contributed by atoms with E-state index in [4.69, 9.17) is 9.94 Å². The summed E-state index contributed by atoms with van der Waals surface area (Å²) in [5.74, 6) is -0.0920. The molecule has 1 saturated carbocycles. The molecule has 0 bridgehead atoms. The Hall–Kier alpha value is -4.33. The van der Waals surface area contributed by atoms with E-state index in [1.54, 1.807) is 23.5 Å². The number of carbonyl (C=O) groups excluding carboxylic acids is 2. The molecular formula is C42H60N6O6S. The number of aromatic nitrogens is 1. The molecular weight excluding hydrogens is 717 g/mol. The molecule has 3 aromatic rings. The van der Waals surface area contributed by atoms with E-state index in [9.17, 15) is 18.0 Å². The largest absolute Gasteiger partial charge is 0.411 e. The Bertz CT molecular complexity index is 1820. The van der Waals surface area contributed by atoms with Gasteiger partial charge in [-0.15, -0.1) is 0 Å². The van der Waals surface area contributed by atoms with Crippen LogP contribution in [0.4, 0.5) is 4.79 Å². The van der Waals surface area contributed by atoms with Gasteiger partial charge in [-0.25, -0.2) is 13.2 Å². The molecule has 3 N–H and O–H groups in total. The molecule has 2 aromatic carbocycles. The van der Waals surface area contributed by atoms with Crippen LogP contribution in [0.2, 0.25) is 0 Å². The molecule has 3 amide bonds. The zero-order valence-corrected chi connectivity index (χ0v) is 34.3. The summed E-state index contributed by atoms with van der Waals surface area (Å²) in [5.41, 5.74) is 2.07. The molecule has 2 atom stereocenters. The van der Waals surface area contributed by atoms with Gasteiger partial charge in [0.25, 0.3) is 0 Å². The molecule has 0 spiro atoms. The maximum absolute atomic E-state index is 14.2. The van der Waals surface area contributed by atoms with Crippen LogP contribution in [0.5, 0.6) is 0 Å². The number of nitrogens with one attached hydrogen (secondary N) is 2. The van der Waals surface area contributed by atoms with Crippen LogP contribution in [0.15, 0.2) is 82.8 Å². The average Bonchev–Trinajstić information content (AvgIpc) is 3.65. The van der Waals surface area contributed by atoms with Crippen molar-refractivity contribution in [3.05, 3.63) is 95.3 Å². The highest BCUT2D eigenvalue weighted by atomic mass is 32.2. The van der Waals surface area contributed by atoms with Gasteiger partial charge >= 0.3 is 6.03 Å². The smallest absolute Gasteiger partial charge is 0.318 e. The Labute approximate surface area is 327 Å². The van der Waals surface area contributed by atoms with Crippen molar-refractivity contribution in [2.45, 2.75) is 116 Å². The molecule has 1 aromatic heterocycles. The van der Waals surface area contributed by atoms with E-state index in [0.717, 1.165) is 36.9 Å². The molecule has 0 saturated heterocycles. The Morgan fingerprint density at radius 3 is 2.22 bits per heavy atom. The van der Waals surface area contributed by atoms with E-state index >= 15 is 0 Å². The Morgan fingerprint density at radius 2 is 1.60 bits per heavy atom. The van der Waals surface area contributed by atoms with Gasteiger partial charge in [-0.1, -0.05) is 87.3 Å². The first-order chi connectivity index (χ1) is 25.9. The van der Waals surface area contributed by atoms with Crippen LogP contribution < -0.4 is 10.6 Å². The highest BCUT2D eigenvalue weighted by Crippen LogP contribution is 2.29. The third-order valence-corrected chi connectivity index (χ3v) is 11.6. The number of carbonyl (C=O) groups is 2. The summed E-state index contributed by atoms with van der Waals surface area (Å²) in [6, 6.07) is 19.9. The third kappa shape index (κ3) is 13.7. The lowest BCUT2D eigenvalue weighted by atomic mass is 9.85. The van der Waals surface area contributed by atoms with Crippen LogP contribution >= 0.6 is 0 Å². The summed E-state index contributed by atoms with van der Waals surface area (Å²) < 4.78 is 35.7. The number of oxime groups is 1. The third-order valence-electron chi connectivity index (χ3n) is 9.72. The summed E-state index contributed by atoms with van der Waals surface area (Å²) in [6.45, 7) is 12.8. The van der Waals surface area contributed by atoms with Crippen molar-refractivity contribution >= 4 is 28.2 Å². The van der Waals surface area contributed by atoms with E-state index in [2.05, 4.69) is 20.8 Å².